The molecule has 0 N–H and O–H groups in total. The maximum atomic E-state index is 13.4. The zero-order valence-corrected chi connectivity index (χ0v) is 12.5. The van der Waals surface area contributed by atoms with Crippen molar-refractivity contribution >= 4 is 11.6 Å². The minimum atomic E-state index is -0.345. The van der Waals surface area contributed by atoms with Crippen molar-refractivity contribution < 1.29 is 9.13 Å². The topological polar surface area (TPSA) is 52.8 Å². The number of hydrogen-bond acceptors (Lipinski definition) is 4. The molecule has 0 saturated heterocycles. The van der Waals surface area contributed by atoms with E-state index in [-0.39, 0.29) is 12.4 Å². The Kier molecular flexibility index (Phi) is 4.02. The molecule has 0 aliphatic rings. The summed E-state index contributed by atoms with van der Waals surface area (Å²) in [6.07, 6.45) is 0. The Hall–Kier alpha value is -2.47. The first-order valence-electron chi connectivity index (χ1n) is 6.52. The van der Waals surface area contributed by atoms with Gasteiger partial charge in [0.15, 0.2) is 0 Å². The molecule has 0 atom stereocenters. The van der Waals surface area contributed by atoms with Gasteiger partial charge in [0.25, 0.3) is 0 Å². The SMILES string of the molecule is COc1ccc(F)cc1Cn1nnc(-c2ccccc2Cl)n1. The highest BCUT2D eigenvalue weighted by Gasteiger charge is 2.11. The van der Waals surface area contributed by atoms with E-state index in [1.54, 1.807) is 12.1 Å². The molecule has 1 aromatic heterocycles. The Morgan fingerprint density at radius 2 is 2.05 bits per heavy atom. The number of methoxy groups -OCH3 is 1. The van der Waals surface area contributed by atoms with Crippen molar-refractivity contribution in [1.82, 2.24) is 20.2 Å². The van der Waals surface area contributed by atoms with Crippen molar-refractivity contribution in [3.63, 3.8) is 0 Å². The van der Waals surface area contributed by atoms with Gasteiger partial charge in [0, 0.05) is 11.1 Å². The summed E-state index contributed by atoms with van der Waals surface area (Å²) in [6.45, 7) is 0.248. The molecule has 0 aliphatic carbocycles. The van der Waals surface area contributed by atoms with E-state index in [1.807, 2.05) is 18.2 Å². The summed E-state index contributed by atoms with van der Waals surface area (Å²) in [6, 6.07) is 11.5. The second-order valence-electron chi connectivity index (χ2n) is 4.58. The monoisotopic (exact) mass is 318 g/mol. The molecule has 0 unspecified atom stereocenters. The molecule has 1 heterocycles. The Morgan fingerprint density at radius 3 is 2.82 bits per heavy atom. The molecule has 22 heavy (non-hydrogen) atoms. The molecule has 0 bridgehead atoms. The predicted molar refractivity (Wildman–Crippen MR) is 80.3 cm³/mol. The third-order valence-corrected chi connectivity index (χ3v) is 3.45. The highest BCUT2D eigenvalue weighted by Crippen LogP contribution is 2.24. The molecule has 0 saturated carbocycles. The van der Waals surface area contributed by atoms with Crippen LogP contribution in [0.5, 0.6) is 5.75 Å². The number of ether oxygens (including phenoxy) is 1. The van der Waals surface area contributed by atoms with Gasteiger partial charge in [-0.3, -0.25) is 0 Å². The molecule has 5 nitrogen and oxygen atoms in total. The van der Waals surface area contributed by atoms with Gasteiger partial charge in [-0.2, -0.15) is 4.80 Å². The van der Waals surface area contributed by atoms with Crippen LogP contribution in [0, 0.1) is 5.82 Å². The van der Waals surface area contributed by atoms with E-state index in [1.165, 1.54) is 24.0 Å². The summed E-state index contributed by atoms with van der Waals surface area (Å²) < 4.78 is 18.6. The van der Waals surface area contributed by atoms with Crippen LogP contribution in [-0.4, -0.2) is 27.3 Å². The van der Waals surface area contributed by atoms with Crippen molar-refractivity contribution in [2.75, 3.05) is 7.11 Å². The molecule has 0 aliphatic heterocycles. The van der Waals surface area contributed by atoms with Crippen LogP contribution >= 0.6 is 11.6 Å². The van der Waals surface area contributed by atoms with E-state index < -0.39 is 0 Å². The first-order valence-corrected chi connectivity index (χ1v) is 6.90. The third kappa shape index (κ3) is 2.92. The fourth-order valence-electron chi connectivity index (χ4n) is 2.08. The fourth-order valence-corrected chi connectivity index (χ4v) is 2.30. The summed E-state index contributed by atoms with van der Waals surface area (Å²) in [5, 5.41) is 12.8. The highest BCUT2D eigenvalue weighted by atomic mass is 35.5. The van der Waals surface area contributed by atoms with Crippen molar-refractivity contribution in [3.8, 4) is 17.1 Å². The van der Waals surface area contributed by atoms with Crippen molar-refractivity contribution in [3.05, 3.63) is 58.9 Å². The molecule has 0 radical (unpaired) electrons. The van der Waals surface area contributed by atoms with Crippen LogP contribution in [0.2, 0.25) is 5.02 Å². The third-order valence-electron chi connectivity index (χ3n) is 3.12. The first kappa shape index (κ1) is 14.5. The first-order chi connectivity index (χ1) is 10.7. The van der Waals surface area contributed by atoms with Crippen LogP contribution in [0.25, 0.3) is 11.4 Å². The second kappa shape index (κ2) is 6.11. The minimum Gasteiger partial charge on any atom is -0.496 e. The van der Waals surface area contributed by atoms with Crippen molar-refractivity contribution in [2.45, 2.75) is 6.54 Å². The summed E-state index contributed by atoms with van der Waals surface area (Å²) in [5.41, 5.74) is 1.33. The summed E-state index contributed by atoms with van der Waals surface area (Å²) in [5.74, 6) is 0.640. The van der Waals surface area contributed by atoms with Gasteiger partial charge in [-0.1, -0.05) is 23.7 Å². The smallest absolute Gasteiger partial charge is 0.206 e. The number of nitrogens with zero attached hydrogens (tertiary/aromatic N) is 4. The summed E-state index contributed by atoms with van der Waals surface area (Å²) >= 11 is 6.11. The van der Waals surface area contributed by atoms with Gasteiger partial charge in [-0.15, -0.1) is 10.2 Å². The average Bonchev–Trinajstić information content (AvgIpc) is 2.96. The van der Waals surface area contributed by atoms with E-state index >= 15 is 0 Å². The fraction of sp³-hybridized carbons (Fsp3) is 0.133. The Labute approximate surface area is 131 Å². The lowest BCUT2D eigenvalue weighted by Crippen LogP contribution is -2.06. The lowest BCUT2D eigenvalue weighted by Gasteiger charge is -2.07. The van der Waals surface area contributed by atoms with E-state index in [0.717, 1.165) is 0 Å². The van der Waals surface area contributed by atoms with E-state index in [9.17, 15) is 4.39 Å². The zero-order chi connectivity index (χ0) is 15.5. The normalized spacial score (nSPS) is 10.7. The molecule has 3 rings (SSSR count). The largest absolute Gasteiger partial charge is 0.496 e. The van der Waals surface area contributed by atoms with Gasteiger partial charge >= 0.3 is 0 Å². The van der Waals surface area contributed by atoms with Gasteiger partial charge in [0.1, 0.15) is 11.6 Å². The second-order valence-corrected chi connectivity index (χ2v) is 4.99. The van der Waals surface area contributed by atoms with Crippen LogP contribution in [0.3, 0.4) is 0 Å². The van der Waals surface area contributed by atoms with Gasteiger partial charge < -0.3 is 4.74 Å². The number of halogens is 2. The maximum absolute atomic E-state index is 13.4. The maximum Gasteiger partial charge on any atom is 0.206 e. The quantitative estimate of drug-likeness (QED) is 0.741. The molecular formula is C15H12ClFN4O. The number of rotatable bonds is 4. The minimum absolute atomic E-state index is 0.248. The molecule has 0 fully saturated rings. The molecule has 112 valence electrons. The number of hydrogen-bond donors (Lipinski definition) is 0. The standard InChI is InChI=1S/C15H12ClFN4O/c1-22-14-7-6-11(17)8-10(14)9-21-19-15(18-20-21)12-4-2-3-5-13(12)16/h2-8H,9H2,1H3. The Bertz CT molecular complexity index is 806. The number of tetrazole rings is 1. The number of aromatic nitrogens is 4. The van der Waals surface area contributed by atoms with E-state index in [4.69, 9.17) is 16.3 Å². The van der Waals surface area contributed by atoms with Crippen LogP contribution in [0.4, 0.5) is 4.39 Å². The van der Waals surface area contributed by atoms with Crippen LogP contribution in [0.15, 0.2) is 42.5 Å². The van der Waals surface area contributed by atoms with Gasteiger partial charge in [0.2, 0.25) is 5.82 Å². The molecule has 7 heteroatoms. The van der Waals surface area contributed by atoms with Crippen LogP contribution < -0.4 is 4.74 Å². The van der Waals surface area contributed by atoms with E-state index in [2.05, 4.69) is 15.4 Å². The van der Waals surface area contributed by atoms with Gasteiger partial charge in [-0.25, -0.2) is 4.39 Å². The number of benzene rings is 2. The molecule has 0 amide bonds. The van der Waals surface area contributed by atoms with Crippen molar-refractivity contribution in [2.24, 2.45) is 0 Å². The zero-order valence-electron chi connectivity index (χ0n) is 11.7. The predicted octanol–water partition coefficient (Wildman–Crippen LogP) is 3.19. The lowest BCUT2D eigenvalue weighted by molar-refractivity contribution is 0.403. The molecule has 0 spiro atoms. The summed E-state index contributed by atoms with van der Waals surface area (Å²) in [7, 11) is 1.53. The highest BCUT2D eigenvalue weighted by molar-refractivity contribution is 6.33. The van der Waals surface area contributed by atoms with Gasteiger partial charge in [-0.05, 0) is 35.5 Å². The Morgan fingerprint density at radius 1 is 1.23 bits per heavy atom. The van der Waals surface area contributed by atoms with E-state index in [0.29, 0.717) is 27.7 Å². The van der Waals surface area contributed by atoms with Gasteiger partial charge in [0.05, 0.1) is 18.7 Å². The lowest BCUT2D eigenvalue weighted by atomic mass is 10.2. The Balaban J connectivity index is 1.89. The van der Waals surface area contributed by atoms with Crippen LogP contribution in [0.1, 0.15) is 5.56 Å². The van der Waals surface area contributed by atoms with Crippen molar-refractivity contribution in [1.29, 1.82) is 0 Å². The summed E-state index contributed by atoms with van der Waals surface area (Å²) in [4.78, 5) is 1.37. The molecule has 3 aromatic rings. The van der Waals surface area contributed by atoms with Crippen LogP contribution in [-0.2, 0) is 6.54 Å². The average molecular weight is 319 g/mol. The molecule has 2 aromatic carbocycles. The molecular weight excluding hydrogens is 307 g/mol.